The Hall–Kier alpha value is -3.43. The fourth-order valence-corrected chi connectivity index (χ4v) is 4.00. The predicted octanol–water partition coefficient (Wildman–Crippen LogP) is 12.7. The standard InChI is InChI=1S/C27H27NO.C5H10.2C3H8.C2H6.CH4O/c1-7-9-24-23(8-2)25(18(3)4)27(29-6)26(28-24)22-16-14-21(15-17-22)20-12-10-19(5)11-13-20;1-2-5-3-4-5;2*1-3-2;2*1-2/h7-17H,2-3H2,1,4-6H3;5H,2-4H2,1H3;2*3H2,1-2H3;1-2H3;2H,1H3/b9-7-;;;;;. The monoisotopic (exact) mass is 601 g/mol. The van der Waals surface area contributed by atoms with Gasteiger partial charge in [-0.15, -0.1) is 0 Å². The zero-order valence-electron chi connectivity index (χ0n) is 30.2. The van der Waals surface area contributed by atoms with Crippen LogP contribution in [0.1, 0.15) is 117 Å². The van der Waals surface area contributed by atoms with E-state index >= 15 is 0 Å². The maximum absolute atomic E-state index is 7.00. The first-order valence-electron chi connectivity index (χ1n) is 16.4. The summed E-state index contributed by atoms with van der Waals surface area (Å²) in [7, 11) is 2.68. The van der Waals surface area contributed by atoms with Crippen LogP contribution in [0.15, 0.2) is 67.8 Å². The minimum atomic E-state index is 0.726. The van der Waals surface area contributed by atoms with Gasteiger partial charge in [0.1, 0.15) is 5.69 Å². The largest absolute Gasteiger partial charge is 0.494 e. The molecule has 0 radical (unpaired) electrons. The highest BCUT2D eigenvalue weighted by Gasteiger charge is 2.20. The molecule has 1 aliphatic rings. The van der Waals surface area contributed by atoms with Crippen LogP contribution in [0.5, 0.6) is 5.75 Å². The molecule has 1 fully saturated rings. The van der Waals surface area contributed by atoms with Crippen LogP contribution >= 0.6 is 0 Å². The summed E-state index contributed by atoms with van der Waals surface area (Å²) >= 11 is 0. The van der Waals surface area contributed by atoms with Crippen LogP contribution in [0.3, 0.4) is 0 Å². The van der Waals surface area contributed by atoms with E-state index in [1.807, 2.05) is 45.9 Å². The van der Waals surface area contributed by atoms with Crippen molar-refractivity contribution in [2.75, 3.05) is 14.2 Å². The first-order valence-corrected chi connectivity index (χ1v) is 16.4. The molecule has 1 N–H and O–H groups in total. The van der Waals surface area contributed by atoms with Crippen LogP contribution in [0, 0.1) is 12.8 Å². The first-order chi connectivity index (χ1) is 21.3. The maximum atomic E-state index is 7.00. The molecule has 0 aliphatic heterocycles. The smallest absolute Gasteiger partial charge is 0.153 e. The Labute approximate surface area is 271 Å². The van der Waals surface area contributed by atoms with E-state index in [4.69, 9.17) is 14.8 Å². The molecule has 0 spiro atoms. The third-order valence-electron chi connectivity index (χ3n) is 6.20. The van der Waals surface area contributed by atoms with Gasteiger partial charge in [0.2, 0.25) is 0 Å². The number of aromatic nitrogens is 1. The zero-order valence-corrected chi connectivity index (χ0v) is 30.2. The molecule has 1 aromatic heterocycles. The number of hydrogen-bond acceptors (Lipinski definition) is 3. The number of pyridine rings is 1. The van der Waals surface area contributed by atoms with E-state index < -0.39 is 0 Å². The number of nitrogens with zero attached hydrogens (tertiary/aromatic N) is 1. The Morgan fingerprint density at radius 3 is 1.64 bits per heavy atom. The van der Waals surface area contributed by atoms with E-state index in [0.717, 1.165) is 52.4 Å². The molecular formula is C41H63NO2. The quantitative estimate of drug-likeness (QED) is 0.293. The van der Waals surface area contributed by atoms with Crippen molar-refractivity contribution < 1.29 is 9.84 Å². The van der Waals surface area contributed by atoms with Gasteiger partial charge < -0.3 is 9.84 Å². The molecule has 3 nitrogen and oxygen atoms in total. The fraction of sp³-hybridized carbons (Fsp3) is 0.439. The Morgan fingerprint density at radius 1 is 0.886 bits per heavy atom. The van der Waals surface area contributed by atoms with E-state index in [9.17, 15) is 0 Å². The molecule has 0 amide bonds. The molecule has 0 atom stereocenters. The van der Waals surface area contributed by atoms with Crippen molar-refractivity contribution >= 4 is 17.7 Å². The average Bonchev–Trinajstić information content (AvgIpc) is 3.89. The first kappa shape index (κ1) is 42.7. The summed E-state index contributed by atoms with van der Waals surface area (Å²) in [5, 5.41) is 7.00. The normalized spacial score (nSPS) is 10.9. The van der Waals surface area contributed by atoms with Crippen molar-refractivity contribution in [3.05, 3.63) is 90.1 Å². The van der Waals surface area contributed by atoms with E-state index in [0.29, 0.717) is 0 Å². The Morgan fingerprint density at radius 2 is 1.32 bits per heavy atom. The molecule has 0 bridgehead atoms. The number of aliphatic hydroxyl groups excluding tert-OH is 1. The number of benzene rings is 2. The minimum Gasteiger partial charge on any atom is -0.494 e. The van der Waals surface area contributed by atoms with Gasteiger partial charge >= 0.3 is 0 Å². The van der Waals surface area contributed by atoms with Crippen molar-refractivity contribution in [1.29, 1.82) is 0 Å². The summed E-state index contributed by atoms with van der Waals surface area (Å²) < 4.78 is 5.80. The van der Waals surface area contributed by atoms with Crippen molar-refractivity contribution in [2.45, 2.75) is 101 Å². The molecule has 3 heteroatoms. The van der Waals surface area contributed by atoms with Gasteiger partial charge in [0.25, 0.3) is 0 Å². The second kappa shape index (κ2) is 26.0. The summed E-state index contributed by atoms with van der Waals surface area (Å²) in [6, 6.07) is 17.0. The minimum absolute atomic E-state index is 0.726. The van der Waals surface area contributed by atoms with Crippen LogP contribution in [-0.2, 0) is 0 Å². The summed E-state index contributed by atoms with van der Waals surface area (Å²) in [4.78, 5) is 4.91. The number of hydrogen-bond donors (Lipinski definition) is 1. The lowest BCUT2D eigenvalue weighted by Crippen LogP contribution is -2.02. The molecule has 0 unspecified atom stereocenters. The number of allylic oxidation sites excluding steroid dienone is 2. The summed E-state index contributed by atoms with van der Waals surface area (Å²) in [5.74, 6) is 1.86. The summed E-state index contributed by atoms with van der Waals surface area (Å²) in [5.41, 5.74) is 9.09. The van der Waals surface area contributed by atoms with Crippen LogP contribution in [0.2, 0.25) is 0 Å². The van der Waals surface area contributed by atoms with Gasteiger partial charge in [0.15, 0.2) is 5.75 Å². The highest BCUT2D eigenvalue weighted by Crippen LogP contribution is 2.39. The lowest BCUT2D eigenvalue weighted by atomic mass is 9.95. The number of rotatable bonds is 7. The molecule has 44 heavy (non-hydrogen) atoms. The van der Waals surface area contributed by atoms with Gasteiger partial charge in [-0.1, -0.05) is 160 Å². The van der Waals surface area contributed by atoms with Crippen LogP contribution < -0.4 is 4.74 Å². The third-order valence-corrected chi connectivity index (χ3v) is 6.20. The number of ether oxygens (including phenoxy) is 1. The second-order valence-corrected chi connectivity index (χ2v) is 10.4. The Kier molecular flexibility index (Phi) is 25.2. The number of methoxy groups -OCH3 is 1. The molecule has 1 saturated carbocycles. The Balaban J connectivity index is 0. The average molecular weight is 602 g/mol. The highest BCUT2D eigenvalue weighted by molar-refractivity contribution is 5.86. The van der Waals surface area contributed by atoms with Crippen LogP contribution in [0.25, 0.3) is 40.1 Å². The molecule has 4 rings (SSSR count). The van der Waals surface area contributed by atoms with Gasteiger partial charge in [-0.05, 0) is 49.5 Å². The predicted molar refractivity (Wildman–Crippen MR) is 200 cm³/mol. The zero-order chi connectivity index (χ0) is 34.1. The SMILES string of the molecule is C=Cc1c(/C=C\C)nc(-c2ccc(-c3ccc(C)cc3)cc2)c(OC)c1C(=C)C.CC.CCC.CCC.CCC1CC1.CO. The van der Waals surface area contributed by atoms with Gasteiger partial charge in [-0.2, -0.15) is 0 Å². The van der Waals surface area contributed by atoms with Crippen molar-refractivity contribution in [2.24, 2.45) is 5.92 Å². The highest BCUT2D eigenvalue weighted by atomic mass is 16.5. The molecule has 2 aromatic carbocycles. The van der Waals surface area contributed by atoms with Crippen LogP contribution in [-0.4, -0.2) is 24.3 Å². The molecule has 0 saturated heterocycles. The molecule has 1 heterocycles. The summed E-state index contributed by atoms with van der Waals surface area (Å²) in [6.45, 7) is 29.0. The molecule has 1 aliphatic carbocycles. The molecule has 244 valence electrons. The van der Waals surface area contributed by atoms with Crippen LogP contribution in [0.4, 0.5) is 0 Å². The molecule has 3 aromatic rings. The van der Waals surface area contributed by atoms with Gasteiger partial charge in [0.05, 0.1) is 12.8 Å². The maximum Gasteiger partial charge on any atom is 0.153 e. The van der Waals surface area contributed by atoms with Crippen molar-refractivity contribution in [3.8, 4) is 28.1 Å². The third kappa shape index (κ3) is 14.8. The topological polar surface area (TPSA) is 42.4 Å². The van der Waals surface area contributed by atoms with E-state index in [1.165, 1.54) is 48.8 Å². The lowest BCUT2D eigenvalue weighted by molar-refractivity contribution is 0.399. The van der Waals surface area contributed by atoms with Crippen molar-refractivity contribution in [1.82, 2.24) is 4.98 Å². The van der Waals surface area contributed by atoms with E-state index in [-0.39, 0.29) is 0 Å². The van der Waals surface area contributed by atoms with E-state index in [1.54, 1.807) is 7.11 Å². The van der Waals surface area contributed by atoms with Gasteiger partial charge in [0, 0.05) is 23.8 Å². The van der Waals surface area contributed by atoms with E-state index in [2.05, 4.69) is 103 Å². The van der Waals surface area contributed by atoms with Crippen molar-refractivity contribution in [3.63, 3.8) is 0 Å². The summed E-state index contributed by atoms with van der Waals surface area (Å²) in [6.07, 6.45) is 12.7. The Bertz CT molecular complexity index is 1200. The number of aliphatic hydroxyl groups is 1. The van der Waals surface area contributed by atoms with Gasteiger partial charge in [-0.25, -0.2) is 4.98 Å². The second-order valence-electron chi connectivity index (χ2n) is 10.4. The number of aryl methyl sites for hydroxylation is 1. The lowest BCUT2D eigenvalue weighted by Gasteiger charge is -2.18. The fourth-order valence-electron chi connectivity index (χ4n) is 4.00. The van der Waals surface area contributed by atoms with Gasteiger partial charge in [-0.3, -0.25) is 0 Å². The molecular weight excluding hydrogens is 538 g/mol.